The Hall–Kier alpha value is -1.70. The molecule has 0 amide bonds. The number of aliphatic hydroxyl groups is 1. The van der Waals surface area contributed by atoms with Gasteiger partial charge in [0.2, 0.25) is 0 Å². The number of likely N-dealkylation sites (N-methyl/N-ethyl adjacent to an activating group) is 1. The zero-order chi connectivity index (χ0) is 13.7. The Kier molecular flexibility index (Phi) is 5.02. The number of aliphatic hydroxyl groups excluding tert-OH is 1. The van der Waals surface area contributed by atoms with Crippen LogP contribution in [0.5, 0.6) is 0 Å². The summed E-state index contributed by atoms with van der Waals surface area (Å²) in [6.07, 6.45) is 0. The van der Waals surface area contributed by atoms with Crippen LogP contribution in [0.1, 0.15) is 12.5 Å². The summed E-state index contributed by atoms with van der Waals surface area (Å²) in [6, 6.07) is 4.82. The highest BCUT2D eigenvalue weighted by Gasteiger charge is 2.15. The first-order chi connectivity index (χ1) is 8.49. The molecule has 4 N–H and O–H groups in total. The van der Waals surface area contributed by atoms with Gasteiger partial charge in [-0.3, -0.25) is 20.9 Å². The fourth-order valence-electron chi connectivity index (χ4n) is 1.53. The molecular weight excluding hydrogens is 236 g/mol. The lowest BCUT2D eigenvalue weighted by Gasteiger charge is -2.22. The van der Waals surface area contributed by atoms with Crippen molar-refractivity contribution in [2.45, 2.75) is 19.5 Å². The minimum absolute atomic E-state index is 0.00336. The molecular formula is C11H18N4O3. The molecule has 0 radical (unpaired) electrons. The minimum Gasteiger partial charge on any atom is -0.395 e. The van der Waals surface area contributed by atoms with Gasteiger partial charge in [-0.15, -0.1) is 0 Å². The molecule has 7 heteroatoms. The Labute approximate surface area is 105 Å². The second kappa shape index (κ2) is 6.29. The van der Waals surface area contributed by atoms with Gasteiger partial charge in [-0.05, 0) is 25.6 Å². The van der Waals surface area contributed by atoms with Crippen molar-refractivity contribution in [3.05, 3.63) is 33.9 Å². The first-order valence-corrected chi connectivity index (χ1v) is 5.54. The van der Waals surface area contributed by atoms with Crippen molar-refractivity contribution < 1.29 is 10.0 Å². The first kappa shape index (κ1) is 14.4. The van der Waals surface area contributed by atoms with Crippen LogP contribution in [0.3, 0.4) is 0 Å². The van der Waals surface area contributed by atoms with E-state index in [4.69, 9.17) is 10.9 Å². The third-order valence-corrected chi connectivity index (χ3v) is 2.86. The topological polar surface area (TPSA) is 105 Å². The molecule has 1 unspecified atom stereocenters. The van der Waals surface area contributed by atoms with Crippen LogP contribution in [0.25, 0.3) is 0 Å². The van der Waals surface area contributed by atoms with Gasteiger partial charge in [-0.1, -0.05) is 6.07 Å². The average molecular weight is 254 g/mol. The molecule has 0 bridgehead atoms. The van der Waals surface area contributed by atoms with E-state index < -0.39 is 4.92 Å². The highest BCUT2D eigenvalue weighted by atomic mass is 16.6. The standard InChI is InChI=1S/C11H18N4O3/c1-8(7-16)14(2)6-9-3-4-10(13-12)11(5-9)15(17)18/h3-5,8,13,16H,6-7,12H2,1-2H3. The molecule has 0 aliphatic heterocycles. The number of nitrogens with zero attached hydrogens (tertiary/aromatic N) is 2. The molecule has 100 valence electrons. The summed E-state index contributed by atoms with van der Waals surface area (Å²) in [4.78, 5) is 12.3. The predicted molar refractivity (Wildman–Crippen MR) is 68.9 cm³/mol. The van der Waals surface area contributed by atoms with E-state index in [1.807, 2.05) is 18.9 Å². The van der Waals surface area contributed by atoms with E-state index in [2.05, 4.69) is 5.43 Å². The summed E-state index contributed by atoms with van der Waals surface area (Å²) in [5, 5.41) is 19.9. The molecule has 1 rings (SSSR count). The number of rotatable bonds is 6. The molecule has 0 heterocycles. The van der Waals surface area contributed by atoms with Crippen LogP contribution in [0.15, 0.2) is 18.2 Å². The van der Waals surface area contributed by atoms with Gasteiger partial charge < -0.3 is 10.5 Å². The number of anilines is 1. The molecule has 18 heavy (non-hydrogen) atoms. The van der Waals surface area contributed by atoms with Crippen molar-refractivity contribution in [2.24, 2.45) is 5.84 Å². The quantitative estimate of drug-likeness (QED) is 0.392. The molecule has 1 aromatic rings. The molecule has 0 aliphatic rings. The smallest absolute Gasteiger partial charge is 0.293 e. The zero-order valence-electron chi connectivity index (χ0n) is 10.5. The van der Waals surface area contributed by atoms with Crippen molar-refractivity contribution in [1.82, 2.24) is 4.90 Å². The van der Waals surface area contributed by atoms with Gasteiger partial charge in [0, 0.05) is 18.7 Å². The van der Waals surface area contributed by atoms with Crippen LogP contribution in [-0.2, 0) is 6.54 Å². The van der Waals surface area contributed by atoms with Crippen LogP contribution < -0.4 is 11.3 Å². The fourth-order valence-corrected chi connectivity index (χ4v) is 1.53. The van der Waals surface area contributed by atoms with Gasteiger partial charge in [0.25, 0.3) is 5.69 Å². The number of nitrogen functional groups attached to an aromatic ring is 1. The number of hydrogen-bond donors (Lipinski definition) is 3. The second-order valence-electron chi connectivity index (χ2n) is 4.20. The van der Waals surface area contributed by atoms with Crippen molar-refractivity contribution in [1.29, 1.82) is 0 Å². The van der Waals surface area contributed by atoms with Crippen molar-refractivity contribution in [2.75, 3.05) is 19.1 Å². The molecule has 0 aliphatic carbocycles. The number of nitro benzene ring substituents is 1. The van der Waals surface area contributed by atoms with Crippen LogP contribution in [0.4, 0.5) is 11.4 Å². The third kappa shape index (κ3) is 3.39. The Morgan fingerprint density at radius 2 is 2.28 bits per heavy atom. The average Bonchev–Trinajstić information content (AvgIpc) is 2.37. The Morgan fingerprint density at radius 3 is 2.78 bits per heavy atom. The summed E-state index contributed by atoms with van der Waals surface area (Å²) in [7, 11) is 1.85. The summed E-state index contributed by atoms with van der Waals surface area (Å²) in [5.74, 6) is 5.21. The number of hydrogen-bond acceptors (Lipinski definition) is 6. The molecule has 0 saturated heterocycles. The highest BCUT2D eigenvalue weighted by molar-refractivity contribution is 5.61. The van der Waals surface area contributed by atoms with Gasteiger partial charge in [0.1, 0.15) is 5.69 Å². The van der Waals surface area contributed by atoms with Gasteiger partial charge in [-0.25, -0.2) is 0 Å². The summed E-state index contributed by atoms with van der Waals surface area (Å²) in [5.41, 5.74) is 3.31. The molecule has 1 atom stereocenters. The number of nitrogens with one attached hydrogen (secondary N) is 1. The normalized spacial score (nSPS) is 12.5. The summed E-state index contributed by atoms with van der Waals surface area (Å²) >= 11 is 0. The van der Waals surface area contributed by atoms with Crippen molar-refractivity contribution in [3.63, 3.8) is 0 Å². The Morgan fingerprint density at radius 1 is 1.61 bits per heavy atom. The molecule has 0 fully saturated rings. The maximum absolute atomic E-state index is 10.9. The Balaban J connectivity index is 2.91. The monoisotopic (exact) mass is 254 g/mol. The van der Waals surface area contributed by atoms with Crippen LogP contribution in [-0.4, -0.2) is 34.6 Å². The van der Waals surface area contributed by atoms with Crippen LogP contribution in [0.2, 0.25) is 0 Å². The lowest BCUT2D eigenvalue weighted by molar-refractivity contribution is -0.384. The molecule has 0 spiro atoms. The molecule has 0 aromatic heterocycles. The van der Waals surface area contributed by atoms with Crippen LogP contribution in [0, 0.1) is 10.1 Å². The maximum Gasteiger partial charge on any atom is 0.293 e. The zero-order valence-corrected chi connectivity index (χ0v) is 10.5. The maximum atomic E-state index is 10.9. The highest BCUT2D eigenvalue weighted by Crippen LogP contribution is 2.25. The van der Waals surface area contributed by atoms with E-state index >= 15 is 0 Å². The van der Waals surface area contributed by atoms with Crippen LogP contribution >= 0.6 is 0 Å². The minimum atomic E-state index is -0.478. The predicted octanol–water partition coefficient (Wildman–Crippen LogP) is 0.693. The van der Waals surface area contributed by atoms with E-state index in [0.29, 0.717) is 6.54 Å². The van der Waals surface area contributed by atoms with E-state index in [1.54, 1.807) is 12.1 Å². The molecule has 1 aromatic carbocycles. The van der Waals surface area contributed by atoms with Gasteiger partial charge in [0.05, 0.1) is 11.5 Å². The summed E-state index contributed by atoms with van der Waals surface area (Å²) < 4.78 is 0. The lowest BCUT2D eigenvalue weighted by atomic mass is 10.1. The van der Waals surface area contributed by atoms with Gasteiger partial charge in [0.15, 0.2) is 0 Å². The number of benzene rings is 1. The first-order valence-electron chi connectivity index (χ1n) is 5.54. The molecule has 7 nitrogen and oxygen atoms in total. The second-order valence-corrected chi connectivity index (χ2v) is 4.20. The van der Waals surface area contributed by atoms with Crippen molar-refractivity contribution in [3.8, 4) is 0 Å². The lowest BCUT2D eigenvalue weighted by Crippen LogP contribution is -2.31. The van der Waals surface area contributed by atoms with E-state index in [1.165, 1.54) is 6.07 Å². The van der Waals surface area contributed by atoms with E-state index in [9.17, 15) is 10.1 Å². The number of hydrazine groups is 1. The third-order valence-electron chi connectivity index (χ3n) is 2.86. The van der Waals surface area contributed by atoms with E-state index in [-0.39, 0.29) is 24.0 Å². The van der Waals surface area contributed by atoms with Gasteiger partial charge in [-0.2, -0.15) is 0 Å². The largest absolute Gasteiger partial charge is 0.395 e. The van der Waals surface area contributed by atoms with E-state index in [0.717, 1.165) is 5.56 Å². The SMILES string of the molecule is CC(CO)N(C)Cc1ccc(NN)c([N+](=O)[O-])c1. The van der Waals surface area contributed by atoms with Crippen molar-refractivity contribution >= 4 is 11.4 Å². The molecule has 0 saturated carbocycles. The number of nitro groups is 1. The number of nitrogens with two attached hydrogens (primary N) is 1. The van der Waals surface area contributed by atoms with Gasteiger partial charge >= 0.3 is 0 Å². The Bertz CT molecular complexity index is 425. The summed E-state index contributed by atoms with van der Waals surface area (Å²) in [6.45, 7) is 2.44. The fraction of sp³-hybridized carbons (Fsp3) is 0.455.